The Morgan fingerprint density at radius 1 is 1.19 bits per heavy atom. The van der Waals surface area contributed by atoms with Crippen LogP contribution in [0.5, 0.6) is 0 Å². The van der Waals surface area contributed by atoms with Gasteiger partial charge in [0.25, 0.3) is 0 Å². The third-order valence-electron chi connectivity index (χ3n) is 4.69. The van der Waals surface area contributed by atoms with E-state index in [0.717, 1.165) is 50.3 Å². The van der Waals surface area contributed by atoms with Gasteiger partial charge in [0.15, 0.2) is 0 Å². The van der Waals surface area contributed by atoms with Gasteiger partial charge in [-0.25, -0.2) is 4.39 Å². The van der Waals surface area contributed by atoms with E-state index in [0.29, 0.717) is 24.5 Å². The zero-order chi connectivity index (χ0) is 14.7. The summed E-state index contributed by atoms with van der Waals surface area (Å²) in [4.78, 5) is 13.7. The van der Waals surface area contributed by atoms with Crippen LogP contribution in [0.4, 0.5) is 10.1 Å². The first-order valence-corrected chi connectivity index (χ1v) is 7.94. The Balaban J connectivity index is 1.89. The highest BCUT2D eigenvalue weighted by atomic mass is 19.1. The first-order chi connectivity index (χ1) is 10.3. The number of piperidine rings is 2. The lowest BCUT2D eigenvalue weighted by molar-refractivity contribution is -0.119. The third kappa shape index (κ3) is 3.26. The largest absolute Gasteiger partial charge is 0.370 e. The molecule has 0 bridgehead atoms. The smallest absolute Gasteiger partial charge is 0.136 e. The van der Waals surface area contributed by atoms with Crippen LogP contribution in [-0.2, 0) is 11.5 Å². The molecule has 21 heavy (non-hydrogen) atoms. The number of Topliss-reactive ketones (excluding diaryl/α,β-unsaturated/α-hetero) is 1. The van der Waals surface area contributed by atoms with Gasteiger partial charge in [-0.05, 0) is 49.0 Å². The number of ketones is 1. The molecule has 0 atom stereocenters. The van der Waals surface area contributed by atoms with Crippen LogP contribution in [0.3, 0.4) is 0 Å². The van der Waals surface area contributed by atoms with Gasteiger partial charge in [0.05, 0.1) is 0 Å². The average molecular weight is 290 g/mol. The van der Waals surface area contributed by atoms with Crippen molar-refractivity contribution in [3.8, 4) is 0 Å². The zero-order valence-electron chi connectivity index (χ0n) is 12.4. The van der Waals surface area contributed by atoms with Gasteiger partial charge < -0.3 is 10.2 Å². The molecule has 1 aromatic carbocycles. The van der Waals surface area contributed by atoms with E-state index in [4.69, 9.17) is 0 Å². The lowest BCUT2D eigenvalue weighted by Gasteiger charge is -2.33. The van der Waals surface area contributed by atoms with E-state index < -0.39 is 6.67 Å². The minimum atomic E-state index is -0.424. The maximum absolute atomic E-state index is 13.0. The molecule has 0 aromatic heterocycles. The SMILES string of the molecule is O=C1CCN(c2cc(CF)ccc2C2CCNCC2)CC1. The van der Waals surface area contributed by atoms with Gasteiger partial charge in [-0.2, -0.15) is 0 Å². The molecule has 0 unspecified atom stereocenters. The number of rotatable bonds is 3. The zero-order valence-corrected chi connectivity index (χ0v) is 12.4. The number of carbonyl (C=O) groups is 1. The molecular weight excluding hydrogens is 267 g/mol. The second-order valence-electron chi connectivity index (χ2n) is 6.08. The molecule has 0 spiro atoms. The molecule has 2 fully saturated rings. The minimum absolute atomic E-state index is 0.344. The predicted octanol–water partition coefficient (Wildman–Crippen LogP) is 2.79. The van der Waals surface area contributed by atoms with Crippen LogP contribution in [0.15, 0.2) is 18.2 Å². The Kier molecular flexibility index (Phi) is 4.54. The first-order valence-electron chi connectivity index (χ1n) is 7.94. The summed E-state index contributed by atoms with van der Waals surface area (Å²) >= 11 is 0. The molecule has 1 N–H and O–H groups in total. The molecular formula is C17H23FN2O. The van der Waals surface area contributed by atoms with Crippen LogP contribution >= 0.6 is 0 Å². The number of anilines is 1. The van der Waals surface area contributed by atoms with Gasteiger partial charge in [-0.3, -0.25) is 4.79 Å². The molecule has 0 saturated carbocycles. The Morgan fingerprint density at radius 2 is 1.90 bits per heavy atom. The fourth-order valence-electron chi connectivity index (χ4n) is 3.42. The second kappa shape index (κ2) is 6.56. The maximum atomic E-state index is 13.0. The highest BCUT2D eigenvalue weighted by molar-refractivity contribution is 5.81. The third-order valence-corrected chi connectivity index (χ3v) is 4.69. The van der Waals surface area contributed by atoms with Crippen molar-refractivity contribution >= 4 is 11.5 Å². The van der Waals surface area contributed by atoms with Crippen LogP contribution in [0.25, 0.3) is 0 Å². The minimum Gasteiger partial charge on any atom is -0.370 e. The second-order valence-corrected chi connectivity index (χ2v) is 6.08. The number of nitrogens with zero attached hydrogens (tertiary/aromatic N) is 1. The molecule has 2 saturated heterocycles. The van der Waals surface area contributed by atoms with Crippen LogP contribution < -0.4 is 10.2 Å². The lowest BCUT2D eigenvalue weighted by Crippen LogP contribution is -2.35. The summed E-state index contributed by atoms with van der Waals surface area (Å²) in [5.74, 6) is 0.892. The van der Waals surface area contributed by atoms with Gasteiger partial charge in [-0.15, -0.1) is 0 Å². The van der Waals surface area contributed by atoms with Gasteiger partial charge >= 0.3 is 0 Å². The number of nitrogens with one attached hydrogen (secondary N) is 1. The summed E-state index contributed by atoms with van der Waals surface area (Å²) in [6.45, 7) is 3.21. The standard InChI is InChI=1S/C17H23FN2O/c18-12-13-1-2-16(14-3-7-19-8-4-14)17(11-13)20-9-5-15(21)6-10-20/h1-2,11,14,19H,3-10,12H2. The van der Waals surface area contributed by atoms with E-state index in [-0.39, 0.29) is 0 Å². The highest BCUT2D eigenvalue weighted by Gasteiger charge is 2.23. The monoisotopic (exact) mass is 290 g/mol. The van der Waals surface area contributed by atoms with Crippen LogP contribution in [0.1, 0.15) is 42.7 Å². The van der Waals surface area contributed by atoms with E-state index in [9.17, 15) is 9.18 Å². The van der Waals surface area contributed by atoms with E-state index in [2.05, 4.69) is 16.3 Å². The molecule has 2 heterocycles. The molecule has 1 aromatic rings. The maximum Gasteiger partial charge on any atom is 0.136 e. The molecule has 4 heteroatoms. The fraction of sp³-hybridized carbons (Fsp3) is 0.588. The number of hydrogen-bond acceptors (Lipinski definition) is 3. The Morgan fingerprint density at radius 3 is 2.57 bits per heavy atom. The van der Waals surface area contributed by atoms with E-state index in [1.54, 1.807) is 0 Å². The van der Waals surface area contributed by atoms with Crippen molar-refractivity contribution in [3.63, 3.8) is 0 Å². The molecule has 114 valence electrons. The van der Waals surface area contributed by atoms with Gasteiger partial charge in [0.1, 0.15) is 12.5 Å². The Bertz CT molecular complexity index is 502. The van der Waals surface area contributed by atoms with Crippen LogP contribution in [-0.4, -0.2) is 32.0 Å². The van der Waals surface area contributed by atoms with Crippen molar-refractivity contribution in [3.05, 3.63) is 29.3 Å². The fourth-order valence-corrected chi connectivity index (χ4v) is 3.42. The summed E-state index contributed by atoms with van der Waals surface area (Å²) in [6, 6.07) is 6.01. The van der Waals surface area contributed by atoms with Gasteiger partial charge in [-0.1, -0.05) is 12.1 Å². The topological polar surface area (TPSA) is 32.3 Å². The molecule has 3 rings (SSSR count). The Labute approximate surface area is 125 Å². The number of halogens is 1. The van der Waals surface area contributed by atoms with Crippen LogP contribution in [0.2, 0.25) is 0 Å². The van der Waals surface area contributed by atoms with Crippen molar-refractivity contribution in [2.75, 3.05) is 31.1 Å². The predicted molar refractivity (Wildman–Crippen MR) is 82.6 cm³/mol. The van der Waals surface area contributed by atoms with Crippen LogP contribution in [0, 0.1) is 0 Å². The average Bonchev–Trinajstić information content (AvgIpc) is 2.56. The number of hydrogen-bond donors (Lipinski definition) is 1. The van der Waals surface area contributed by atoms with E-state index in [1.165, 1.54) is 5.56 Å². The van der Waals surface area contributed by atoms with Crippen molar-refractivity contribution in [1.29, 1.82) is 0 Å². The molecule has 2 aliphatic rings. The first kappa shape index (κ1) is 14.5. The van der Waals surface area contributed by atoms with Gasteiger partial charge in [0.2, 0.25) is 0 Å². The quantitative estimate of drug-likeness (QED) is 0.929. The van der Waals surface area contributed by atoms with Crippen molar-refractivity contribution < 1.29 is 9.18 Å². The van der Waals surface area contributed by atoms with E-state index >= 15 is 0 Å². The summed E-state index contributed by atoms with van der Waals surface area (Å²) in [5.41, 5.74) is 3.23. The highest BCUT2D eigenvalue weighted by Crippen LogP contribution is 2.35. The van der Waals surface area contributed by atoms with Crippen molar-refractivity contribution in [1.82, 2.24) is 5.32 Å². The molecule has 2 aliphatic heterocycles. The summed E-state index contributed by atoms with van der Waals surface area (Å²) in [7, 11) is 0. The number of carbonyl (C=O) groups excluding carboxylic acids is 1. The number of alkyl halides is 1. The van der Waals surface area contributed by atoms with E-state index in [1.807, 2.05) is 12.1 Å². The summed E-state index contributed by atoms with van der Waals surface area (Å²) in [5, 5.41) is 3.39. The lowest BCUT2D eigenvalue weighted by atomic mass is 9.87. The Hall–Kier alpha value is -1.42. The summed E-state index contributed by atoms with van der Waals surface area (Å²) < 4.78 is 13.0. The molecule has 0 aliphatic carbocycles. The normalized spacial score (nSPS) is 20.8. The van der Waals surface area contributed by atoms with Gasteiger partial charge in [0, 0.05) is 31.6 Å². The molecule has 0 radical (unpaired) electrons. The number of benzene rings is 1. The molecule has 0 amide bonds. The van der Waals surface area contributed by atoms with Crippen molar-refractivity contribution in [2.45, 2.75) is 38.3 Å². The molecule has 3 nitrogen and oxygen atoms in total. The van der Waals surface area contributed by atoms with Crippen molar-refractivity contribution in [2.24, 2.45) is 0 Å². The summed E-state index contributed by atoms with van der Waals surface area (Å²) in [6.07, 6.45) is 3.50.